The van der Waals surface area contributed by atoms with Gasteiger partial charge in [-0.05, 0) is 39.2 Å². The maximum atomic E-state index is 11.9. The van der Waals surface area contributed by atoms with E-state index in [1.54, 1.807) is 23.1 Å². The van der Waals surface area contributed by atoms with Crippen LogP contribution in [0.15, 0.2) is 18.2 Å². The van der Waals surface area contributed by atoms with Crippen LogP contribution in [0.5, 0.6) is 5.75 Å². The lowest BCUT2D eigenvalue weighted by Gasteiger charge is -2.30. The fourth-order valence-corrected chi connectivity index (χ4v) is 1.97. The molecule has 19 heavy (non-hydrogen) atoms. The van der Waals surface area contributed by atoms with Crippen LogP contribution >= 0.6 is 0 Å². The van der Waals surface area contributed by atoms with Crippen LogP contribution < -0.4 is 9.64 Å². The summed E-state index contributed by atoms with van der Waals surface area (Å²) in [5.41, 5.74) is 1.34. The summed E-state index contributed by atoms with van der Waals surface area (Å²) >= 11 is 0. The average Bonchev–Trinajstić information content (AvgIpc) is 2.36. The molecular formula is C14H18N2O3. The number of carbonyl (C=O) groups is 2. The molecule has 1 aliphatic rings. The number of Topliss-reactive ketones (excluding diaryl/α,β-unsaturated/α-hetero) is 1. The summed E-state index contributed by atoms with van der Waals surface area (Å²) in [5, 5.41) is 0. The van der Waals surface area contributed by atoms with Crippen LogP contribution in [0.25, 0.3) is 0 Å². The molecule has 0 spiro atoms. The van der Waals surface area contributed by atoms with Gasteiger partial charge >= 0.3 is 0 Å². The third kappa shape index (κ3) is 2.93. The van der Waals surface area contributed by atoms with Crippen molar-refractivity contribution < 1.29 is 14.3 Å². The fraction of sp³-hybridized carbons (Fsp3) is 0.429. The highest BCUT2D eigenvalue weighted by Gasteiger charge is 2.25. The van der Waals surface area contributed by atoms with Gasteiger partial charge in [0.15, 0.2) is 12.4 Å². The summed E-state index contributed by atoms with van der Waals surface area (Å²) in [5.74, 6) is 0.541. The number of carbonyl (C=O) groups excluding carboxylic acids is 2. The van der Waals surface area contributed by atoms with Crippen molar-refractivity contribution in [2.75, 3.05) is 38.7 Å². The Kier molecular flexibility index (Phi) is 3.85. The first kappa shape index (κ1) is 13.5. The Balaban J connectivity index is 2.28. The predicted molar refractivity (Wildman–Crippen MR) is 72.8 cm³/mol. The minimum Gasteiger partial charge on any atom is -0.482 e. The Labute approximate surface area is 112 Å². The number of hydrogen-bond donors (Lipinski definition) is 0. The molecule has 5 heteroatoms. The second-order valence-corrected chi connectivity index (χ2v) is 4.88. The fourth-order valence-electron chi connectivity index (χ4n) is 1.97. The normalized spacial score (nSPS) is 14.3. The minimum absolute atomic E-state index is 0.0110. The molecule has 0 aliphatic carbocycles. The Hall–Kier alpha value is -1.88. The summed E-state index contributed by atoms with van der Waals surface area (Å²) in [4.78, 5) is 27.0. The number of nitrogens with zero attached hydrogens (tertiary/aromatic N) is 2. The first-order valence-corrected chi connectivity index (χ1v) is 6.22. The van der Waals surface area contributed by atoms with E-state index in [4.69, 9.17) is 4.74 Å². The summed E-state index contributed by atoms with van der Waals surface area (Å²) in [6, 6.07) is 5.21. The van der Waals surface area contributed by atoms with E-state index in [1.165, 1.54) is 6.92 Å². The molecule has 2 rings (SSSR count). The lowest BCUT2D eigenvalue weighted by molar-refractivity contribution is -0.121. The molecule has 0 saturated heterocycles. The van der Waals surface area contributed by atoms with Crippen LogP contribution in [-0.2, 0) is 4.79 Å². The second kappa shape index (κ2) is 5.40. The number of ketones is 1. The van der Waals surface area contributed by atoms with Gasteiger partial charge in [0.05, 0.1) is 5.69 Å². The molecule has 1 aromatic carbocycles. The van der Waals surface area contributed by atoms with E-state index in [0.29, 0.717) is 17.9 Å². The van der Waals surface area contributed by atoms with Gasteiger partial charge in [-0.1, -0.05) is 0 Å². The van der Waals surface area contributed by atoms with Crippen LogP contribution in [0.2, 0.25) is 0 Å². The molecule has 0 aromatic heterocycles. The standard InChI is InChI=1S/C14H18N2O3/c1-10(17)11-4-5-12-13(8-11)19-9-14(18)16(12)7-6-15(2)3/h4-5,8H,6-7,9H2,1-3H3. The van der Waals surface area contributed by atoms with Crippen LogP contribution in [0.3, 0.4) is 0 Å². The molecule has 102 valence electrons. The highest BCUT2D eigenvalue weighted by atomic mass is 16.5. The molecule has 0 unspecified atom stereocenters. The largest absolute Gasteiger partial charge is 0.482 e. The maximum absolute atomic E-state index is 11.9. The van der Waals surface area contributed by atoms with E-state index in [-0.39, 0.29) is 18.3 Å². The Bertz CT molecular complexity index is 511. The zero-order valence-corrected chi connectivity index (χ0v) is 11.5. The van der Waals surface area contributed by atoms with Crippen molar-refractivity contribution in [2.45, 2.75) is 6.92 Å². The number of amides is 1. The topological polar surface area (TPSA) is 49.9 Å². The molecule has 1 heterocycles. The van der Waals surface area contributed by atoms with Gasteiger partial charge in [-0.15, -0.1) is 0 Å². The van der Waals surface area contributed by atoms with Crippen molar-refractivity contribution in [3.63, 3.8) is 0 Å². The van der Waals surface area contributed by atoms with E-state index in [9.17, 15) is 9.59 Å². The molecule has 1 amide bonds. The van der Waals surface area contributed by atoms with Crippen molar-refractivity contribution in [1.82, 2.24) is 4.90 Å². The van der Waals surface area contributed by atoms with Gasteiger partial charge in [-0.25, -0.2) is 0 Å². The van der Waals surface area contributed by atoms with E-state index in [1.807, 2.05) is 19.0 Å². The first-order valence-electron chi connectivity index (χ1n) is 6.22. The zero-order valence-electron chi connectivity index (χ0n) is 11.5. The SMILES string of the molecule is CC(=O)c1ccc2c(c1)OCC(=O)N2CCN(C)C. The van der Waals surface area contributed by atoms with E-state index < -0.39 is 0 Å². The van der Waals surface area contributed by atoms with Crippen LogP contribution in [0, 0.1) is 0 Å². The first-order chi connectivity index (χ1) is 8.99. The Morgan fingerprint density at radius 3 is 2.79 bits per heavy atom. The number of benzene rings is 1. The number of likely N-dealkylation sites (N-methyl/N-ethyl adjacent to an activating group) is 1. The maximum Gasteiger partial charge on any atom is 0.265 e. The van der Waals surface area contributed by atoms with Crippen molar-refractivity contribution in [3.8, 4) is 5.75 Å². The van der Waals surface area contributed by atoms with E-state index >= 15 is 0 Å². The summed E-state index contributed by atoms with van der Waals surface area (Å²) < 4.78 is 5.41. The third-order valence-electron chi connectivity index (χ3n) is 3.08. The van der Waals surface area contributed by atoms with E-state index in [0.717, 1.165) is 12.2 Å². The van der Waals surface area contributed by atoms with Crippen molar-refractivity contribution in [2.24, 2.45) is 0 Å². The van der Waals surface area contributed by atoms with Crippen LogP contribution in [-0.4, -0.2) is 50.4 Å². The van der Waals surface area contributed by atoms with Crippen molar-refractivity contribution in [3.05, 3.63) is 23.8 Å². The monoisotopic (exact) mass is 262 g/mol. The lowest BCUT2D eigenvalue weighted by Crippen LogP contribution is -2.42. The smallest absolute Gasteiger partial charge is 0.265 e. The number of rotatable bonds is 4. The summed E-state index contributed by atoms with van der Waals surface area (Å²) in [7, 11) is 3.93. The van der Waals surface area contributed by atoms with Gasteiger partial charge in [0.1, 0.15) is 5.75 Å². The predicted octanol–water partition coefficient (Wildman–Crippen LogP) is 1.18. The molecule has 0 bridgehead atoms. The second-order valence-electron chi connectivity index (χ2n) is 4.88. The minimum atomic E-state index is -0.0510. The van der Waals surface area contributed by atoms with Crippen LogP contribution in [0.1, 0.15) is 17.3 Å². The summed E-state index contributed by atoms with van der Waals surface area (Å²) in [6.45, 7) is 2.93. The molecule has 1 aromatic rings. The highest BCUT2D eigenvalue weighted by Crippen LogP contribution is 2.32. The van der Waals surface area contributed by atoms with Crippen LogP contribution in [0.4, 0.5) is 5.69 Å². The third-order valence-corrected chi connectivity index (χ3v) is 3.08. The lowest BCUT2D eigenvalue weighted by atomic mass is 10.1. The molecule has 0 radical (unpaired) electrons. The molecule has 0 saturated carbocycles. The number of hydrogen-bond acceptors (Lipinski definition) is 4. The zero-order chi connectivity index (χ0) is 14.0. The molecule has 1 aliphatic heterocycles. The van der Waals surface area contributed by atoms with Gasteiger partial charge in [-0.3, -0.25) is 9.59 Å². The quantitative estimate of drug-likeness (QED) is 0.764. The molecule has 0 N–H and O–H groups in total. The Morgan fingerprint density at radius 2 is 2.16 bits per heavy atom. The average molecular weight is 262 g/mol. The van der Waals surface area contributed by atoms with Gasteiger partial charge in [0.2, 0.25) is 0 Å². The van der Waals surface area contributed by atoms with Gasteiger partial charge in [0, 0.05) is 18.7 Å². The van der Waals surface area contributed by atoms with Crippen molar-refractivity contribution in [1.29, 1.82) is 0 Å². The van der Waals surface area contributed by atoms with Crippen molar-refractivity contribution >= 4 is 17.4 Å². The Morgan fingerprint density at radius 1 is 1.42 bits per heavy atom. The van der Waals surface area contributed by atoms with Gasteiger partial charge in [-0.2, -0.15) is 0 Å². The number of anilines is 1. The molecule has 0 atom stereocenters. The molecule has 5 nitrogen and oxygen atoms in total. The van der Waals surface area contributed by atoms with Gasteiger partial charge < -0.3 is 14.5 Å². The number of ether oxygens (including phenoxy) is 1. The highest BCUT2D eigenvalue weighted by molar-refractivity contribution is 6.00. The molecule has 0 fully saturated rings. The van der Waals surface area contributed by atoms with Gasteiger partial charge in [0.25, 0.3) is 5.91 Å². The number of fused-ring (bicyclic) bond motifs is 1. The molecular weight excluding hydrogens is 244 g/mol. The van der Waals surface area contributed by atoms with E-state index in [2.05, 4.69) is 0 Å². The summed E-state index contributed by atoms with van der Waals surface area (Å²) in [6.07, 6.45) is 0.